The van der Waals surface area contributed by atoms with Gasteiger partial charge in [-0.05, 0) is 110 Å². The van der Waals surface area contributed by atoms with Gasteiger partial charge in [0, 0.05) is 45.6 Å². The highest BCUT2D eigenvalue weighted by molar-refractivity contribution is 6.13. The second kappa shape index (κ2) is 12.6. The van der Waals surface area contributed by atoms with E-state index in [2.05, 4.69) is 218 Å². The molecule has 9 aromatic rings. The fourth-order valence-electron chi connectivity index (χ4n) is 10.1. The summed E-state index contributed by atoms with van der Waals surface area (Å²) in [6.07, 6.45) is 8.80. The van der Waals surface area contributed by atoms with Gasteiger partial charge in [0.15, 0.2) is 0 Å². The van der Waals surface area contributed by atoms with E-state index in [0.29, 0.717) is 0 Å². The number of hydrogen-bond acceptors (Lipinski definition) is 2. The molecule has 2 heterocycles. The maximum Gasteiger partial charge on any atom is 0.137 e. The Morgan fingerprint density at radius 2 is 1.19 bits per heavy atom. The number of fused-ring (bicyclic) bond motifs is 9. The van der Waals surface area contributed by atoms with E-state index in [1.807, 2.05) is 0 Å². The zero-order valence-corrected chi connectivity index (χ0v) is 33.3. The summed E-state index contributed by atoms with van der Waals surface area (Å²) < 4.78 is 2.50. The lowest BCUT2D eigenvalue weighted by Gasteiger charge is -2.36. The van der Waals surface area contributed by atoms with E-state index >= 15 is 0 Å². The smallest absolute Gasteiger partial charge is 0.137 e. The minimum atomic E-state index is -0.165. The quantitative estimate of drug-likeness (QED) is 0.175. The molecule has 0 N–H and O–H groups in total. The Labute approximate surface area is 344 Å². The number of nitrogens with zero attached hydrogens (tertiary/aromatic N) is 3. The summed E-state index contributed by atoms with van der Waals surface area (Å²) in [7, 11) is 2.18. The fraction of sp³-hybridized carbons (Fsp3) is 0.0893. The lowest BCUT2D eigenvalue weighted by molar-refractivity contribution is 0.469. The van der Waals surface area contributed by atoms with E-state index in [9.17, 15) is 0 Å². The highest BCUT2D eigenvalue weighted by Gasteiger charge is 2.37. The SMILES string of the molecule is CN1C(c2cc(-c3ccc4ccccc4c3)cc(-n3c4ccccc4c4cc5c(cc43)C(C)(C)c3cc4ccccc4cc3-5)c2)=NC(c2ccccc2)=C2C=CC=CC21. The molecule has 8 aromatic carbocycles. The number of aliphatic imine (C=N–C) groups is 1. The second-order valence-electron chi connectivity index (χ2n) is 16.9. The Bertz CT molecular complexity index is 3370. The molecule has 1 aromatic heterocycles. The summed E-state index contributed by atoms with van der Waals surface area (Å²) in [5.74, 6) is 0.951. The number of amidine groups is 1. The van der Waals surface area contributed by atoms with Crippen LogP contribution in [0.3, 0.4) is 0 Å². The van der Waals surface area contributed by atoms with Crippen molar-refractivity contribution in [3.8, 4) is 27.9 Å². The lowest BCUT2D eigenvalue weighted by Crippen LogP contribution is -2.40. The standard InChI is InChI=1S/C56H41N3/c1-56(2)49-32-39-20-10-9-19-38(39)31-46(49)47-33-48-44-21-11-14-24-52(44)59(53(48)34-50(47)56)43-29-41(40-26-25-35-15-7-8-18-37(35)27-40)28-42(30-43)55-57-54(36-16-5-4-6-17-36)45-22-12-13-23-51(45)58(55)3/h4-34,51H,1-3H3. The molecule has 1 atom stereocenters. The summed E-state index contributed by atoms with van der Waals surface area (Å²) in [4.78, 5) is 7.90. The van der Waals surface area contributed by atoms with Crippen LogP contribution >= 0.6 is 0 Å². The first-order valence-corrected chi connectivity index (χ1v) is 20.6. The number of hydrogen-bond donors (Lipinski definition) is 0. The summed E-state index contributed by atoms with van der Waals surface area (Å²) in [6, 6.07) is 60.7. The topological polar surface area (TPSA) is 20.5 Å². The van der Waals surface area contributed by atoms with Gasteiger partial charge in [-0.15, -0.1) is 0 Å². The van der Waals surface area contributed by atoms with Gasteiger partial charge in [0.1, 0.15) is 5.84 Å². The zero-order valence-electron chi connectivity index (χ0n) is 33.3. The molecule has 1 aliphatic heterocycles. The van der Waals surface area contributed by atoms with Crippen LogP contribution in [0, 0.1) is 0 Å². The number of allylic oxidation sites excluding steroid dienone is 2. The van der Waals surface area contributed by atoms with Gasteiger partial charge in [0.05, 0.1) is 22.8 Å². The van der Waals surface area contributed by atoms with Gasteiger partial charge in [-0.2, -0.15) is 0 Å². The maximum absolute atomic E-state index is 5.56. The Hall–Kier alpha value is -7.23. The number of rotatable bonds is 4. The molecule has 0 saturated carbocycles. The van der Waals surface area contributed by atoms with Crippen LogP contribution in [-0.4, -0.2) is 28.4 Å². The third-order valence-corrected chi connectivity index (χ3v) is 13.1. The van der Waals surface area contributed by atoms with Crippen molar-refractivity contribution in [1.82, 2.24) is 9.47 Å². The van der Waals surface area contributed by atoms with E-state index < -0.39 is 0 Å². The van der Waals surface area contributed by atoms with Crippen LogP contribution in [-0.2, 0) is 5.41 Å². The third-order valence-electron chi connectivity index (χ3n) is 13.1. The Morgan fingerprint density at radius 1 is 0.508 bits per heavy atom. The molecule has 0 fully saturated rings. The van der Waals surface area contributed by atoms with Gasteiger partial charge >= 0.3 is 0 Å². The molecule has 12 rings (SSSR count). The van der Waals surface area contributed by atoms with Gasteiger partial charge in [-0.25, -0.2) is 4.99 Å². The molecule has 59 heavy (non-hydrogen) atoms. The summed E-state index contributed by atoms with van der Waals surface area (Å²) in [5, 5.41) is 7.54. The van der Waals surface area contributed by atoms with Crippen molar-refractivity contribution in [3.63, 3.8) is 0 Å². The molecular formula is C56H41N3. The highest BCUT2D eigenvalue weighted by Crippen LogP contribution is 2.52. The van der Waals surface area contributed by atoms with Gasteiger partial charge in [0.2, 0.25) is 0 Å². The fourth-order valence-corrected chi connectivity index (χ4v) is 10.1. The average Bonchev–Trinajstić information content (AvgIpc) is 3.72. The van der Waals surface area contributed by atoms with Crippen molar-refractivity contribution >= 4 is 54.9 Å². The summed E-state index contributed by atoms with van der Waals surface area (Å²) >= 11 is 0. The van der Waals surface area contributed by atoms with Crippen molar-refractivity contribution in [2.45, 2.75) is 25.3 Å². The van der Waals surface area contributed by atoms with E-state index in [1.54, 1.807) is 0 Å². The van der Waals surface area contributed by atoms with Crippen molar-refractivity contribution < 1.29 is 0 Å². The van der Waals surface area contributed by atoms with Crippen molar-refractivity contribution in [2.24, 2.45) is 4.99 Å². The van der Waals surface area contributed by atoms with Gasteiger partial charge in [-0.1, -0.05) is 147 Å². The van der Waals surface area contributed by atoms with Crippen LogP contribution in [0.2, 0.25) is 0 Å². The largest absolute Gasteiger partial charge is 0.349 e. The number of para-hydroxylation sites is 1. The van der Waals surface area contributed by atoms with E-state index in [4.69, 9.17) is 4.99 Å². The van der Waals surface area contributed by atoms with Crippen LogP contribution in [0.5, 0.6) is 0 Å². The normalized spacial score (nSPS) is 16.6. The Morgan fingerprint density at radius 3 is 2.02 bits per heavy atom. The molecule has 3 heteroatoms. The van der Waals surface area contributed by atoms with Crippen molar-refractivity contribution in [3.05, 3.63) is 216 Å². The van der Waals surface area contributed by atoms with Crippen LogP contribution < -0.4 is 0 Å². The van der Waals surface area contributed by atoms with Gasteiger partial charge in [-0.3, -0.25) is 0 Å². The number of likely N-dealkylation sites (N-methyl/N-ethyl adjacent to an activating group) is 1. The van der Waals surface area contributed by atoms with E-state index in [0.717, 1.165) is 33.9 Å². The molecule has 0 bridgehead atoms. The highest BCUT2D eigenvalue weighted by atomic mass is 15.2. The molecule has 0 spiro atoms. The molecular weight excluding hydrogens is 715 g/mol. The second-order valence-corrected chi connectivity index (χ2v) is 16.9. The minimum absolute atomic E-state index is 0.0619. The molecule has 0 saturated heterocycles. The maximum atomic E-state index is 5.56. The first-order chi connectivity index (χ1) is 28.9. The molecule has 0 amide bonds. The first-order valence-electron chi connectivity index (χ1n) is 20.6. The molecule has 3 aliphatic rings. The van der Waals surface area contributed by atoms with Crippen molar-refractivity contribution in [2.75, 3.05) is 7.05 Å². The Kier molecular flexibility index (Phi) is 7.25. The van der Waals surface area contributed by atoms with Gasteiger partial charge < -0.3 is 9.47 Å². The van der Waals surface area contributed by atoms with Crippen LogP contribution in [0.15, 0.2) is 199 Å². The van der Waals surface area contributed by atoms with E-state index in [-0.39, 0.29) is 11.5 Å². The van der Waals surface area contributed by atoms with E-state index in [1.165, 1.54) is 76.7 Å². The molecule has 2 aliphatic carbocycles. The zero-order chi connectivity index (χ0) is 39.4. The molecule has 0 radical (unpaired) electrons. The monoisotopic (exact) mass is 755 g/mol. The number of aromatic nitrogens is 1. The summed E-state index contributed by atoms with van der Waals surface area (Å²) in [6.45, 7) is 4.78. The first kappa shape index (κ1) is 33.9. The minimum Gasteiger partial charge on any atom is -0.349 e. The van der Waals surface area contributed by atoms with Crippen molar-refractivity contribution in [1.29, 1.82) is 0 Å². The lowest BCUT2D eigenvalue weighted by atomic mass is 9.81. The van der Waals surface area contributed by atoms with Crippen LogP contribution in [0.4, 0.5) is 0 Å². The average molecular weight is 756 g/mol. The third kappa shape index (κ3) is 5.11. The molecule has 280 valence electrons. The predicted molar refractivity (Wildman–Crippen MR) is 249 cm³/mol. The van der Waals surface area contributed by atoms with Crippen LogP contribution in [0.1, 0.15) is 36.1 Å². The van der Waals surface area contributed by atoms with Crippen LogP contribution in [0.25, 0.3) is 77.0 Å². The molecule has 3 nitrogen and oxygen atoms in total. The molecule has 1 unspecified atom stereocenters. The summed E-state index contributed by atoms with van der Waals surface area (Å²) in [5.41, 5.74) is 15.5. The number of benzene rings is 8. The Balaban J connectivity index is 1.13. The van der Waals surface area contributed by atoms with Gasteiger partial charge in [0.25, 0.3) is 0 Å². The predicted octanol–water partition coefficient (Wildman–Crippen LogP) is 13.7.